The van der Waals surface area contributed by atoms with Crippen LogP contribution in [0.3, 0.4) is 0 Å². The molecule has 2 N–H and O–H groups in total. The Hall–Kier alpha value is -4.77. The van der Waals surface area contributed by atoms with Gasteiger partial charge in [0.15, 0.2) is 0 Å². The average molecular weight is 457 g/mol. The summed E-state index contributed by atoms with van der Waals surface area (Å²) in [5.41, 5.74) is 10.8. The number of hydrogen-bond acceptors (Lipinski definition) is 3. The quantitative estimate of drug-likeness (QED) is 0.224. The minimum atomic E-state index is -0.343. The van der Waals surface area contributed by atoms with Gasteiger partial charge in [0, 0.05) is 5.56 Å². The summed E-state index contributed by atoms with van der Waals surface area (Å²) in [6, 6.07) is 38.3. The monoisotopic (exact) mass is 456 g/mol. The molecule has 170 valence electrons. The molecule has 5 aromatic rings. The van der Waals surface area contributed by atoms with E-state index in [1.807, 2.05) is 67.6 Å². The number of benzene rings is 4. The van der Waals surface area contributed by atoms with Crippen molar-refractivity contribution in [1.82, 2.24) is 15.6 Å². The van der Waals surface area contributed by atoms with Crippen molar-refractivity contribution in [2.24, 2.45) is 5.10 Å². The minimum Gasteiger partial charge on any atom is -0.272 e. The molecule has 0 saturated heterocycles. The van der Waals surface area contributed by atoms with Crippen molar-refractivity contribution in [3.63, 3.8) is 0 Å². The number of hydrogen-bond donors (Lipinski definition) is 2. The SMILES string of the molecule is C/C(=N/NC(=O)c1cc(-c2ccc(-c3ccccc3)cc2)n[nH]1)c1ccc(-c2ccccc2)cc1. The fourth-order valence-corrected chi connectivity index (χ4v) is 3.84. The summed E-state index contributed by atoms with van der Waals surface area (Å²) in [5, 5.41) is 11.4. The number of carbonyl (C=O) groups is 1. The first-order chi connectivity index (χ1) is 17.2. The van der Waals surface area contributed by atoms with Gasteiger partial charge in [-0.3, -0.25) is 9.89 Å². The van der Waals surface area contributed by atoms with Gasteiger partial charge in [-0.2, -0.15) is 10.2 Å². The Morgan fingerprint density at radius 1 is 0.686 bits per heavy atom. The molecule has 5 rings (SSSR count). The molecule has 0 fully saturated rings. The van der Waals surface area contributed by atoms with E-state index < -0.39 is 0 Å². The fourth-order valence-electron chi connectivity index (χ4n) is 3.84. The molecule has 5 heteroatoms. The van der Waals surface area contributed by atoms with Crippen molar-refractivity contribution in [3.8, 4) is 33.5 Å². The van der Waals surface area contributed by atoms with Crippen LogP contribution in [0.5, 0.6) is 0 Å². The molecule has 35 heavy (non-hydrogen) atoms. The smallest absolute Gasteiger partial charge is 0.272 e. The normalized spacial score (nSPS) is 11.3. The summed E-state index contributed by atoms with van der Waals surface area (Å²) in [5.74, 6) is -0.343. The molecule has 1 heterocycles. The van der Waals surface area contributed by atoms with E-state index in [0.29, 0.717) is 17.1 Å². The Morgan fingerprint density at radius 3 is 1.74 bits per heavy atom. The maximum Gasteiger partial charge on any atom is 0.289 e. The van der Waals surface area contributed by atoms with Crippen molar-refractivity contribution in [1.29, 1.82) is 0 Å². The summed E-state index contributed by atoms with van der Waals surface area (Å²) < 4.78 is 0. The van der Waals surface area contributed by atoms with E-state index in [4.69, 9.17) is 0 Å². The molecule has 1 amide bonds. The first-order valence-corrected chi connectivity index (χ1v) is 11.4. The Morgan fingerprint density at radius 2 is 1.17 bits per heavy atom. The molecular weight excluding hydrogens is 432 g/mol. The van der Waals surface area contributed by atoms with Crippen molar-refractivity contribution in [3.05, 3.63) is 127 Å². The average Bonchev–Trinajstić information content (AvgIpc) is 3.43. The predicted octanol–water partition coefficient (Wildman–Crippen LogP) is 6.56. The molecular formula is C30H24N4O. The molecule has 0 aliphatic heterocycles. The maximum atomic E-state index is 12.6. The van der Waals surface area contributed by atoms with Gasteiger partial charge in [-0.05, 0) is 40.8 Å². The largest absolute Gasteiger partial charge is 0.289 e. The lowest BCUT2D eigenvalue weighted by Crippen LogP contribution is -2.19. The third-order valence-electron chi connectivity index (χ3n) is 5.85. The third kappa shape index (κ3) is 5.09. The highest BCUT2D eigenvalue weighted by Gasteiger charge is 2.11. The van der Waals surface area contributed by atoms with Gasteiger partial charge in [-0.25, -0.2) is 5.43 Å². The van der Waals surface area contributed by atoms with Gasteiger partial charge in [0.25, 0.3) is 5.91 Å². The van der Waals surface area contributed by atoms with Gasteiger partial charge in [-0.15, -0.1) is 0 Å². The van der Waals surface area contributed by atoms with E-state index in [0.717, 1.165) is 33.4 Å². The van der Waals surface area contributed by atoms with Gasteiger partial charge in [-0.1, -0.05) is 109 Å². The van der Waals surface area contributed by atoms with Gasteiger partial charge < -0.3 is 0 Å². The lowest BCUT2D eigenvalue weighted by atomic mass is 10.0. The zero-order valence-electron chi connectivity index (χ0n) is 19.3. The highest BCUT2D eigenvalue weighted by Crippen LogP contribution is 2.24. The van der Waals surface area contributed by atoms with Crippen LogP contribution >= 0.6 is 0 Å². The molecule has 0 unspecified atom stereocenters. The molecule has 1 aromatic heterocycles. The molecule has 4 aromatic carbocycles. The molecule has 5 nitrogen and oxygen atoms in total. The fraction of sp³-hybridized carbons (Fsp3) is 0.0333. The first kappa shape index (κ1) is 22.0. The summed E-state index contributed by atoms with van der Waals surface area (Å²) in [7, 11) is 0. The number of aromatic amines is 1. The number of hydrazone groups is 1. The van der Waals surface area contributed by atoms with Gasteiger partial charge in [0.2, 0.25) is 0 Å². The van der Waals surface area contributed by atoms with Crippen molar-refractivity contribution >= 4 is 11.6 Å². The highest BCUT2D eigenvalue weighted by molar-refractivity contribution is 6.01. The topological polar surface area (TPSA) is 70.1 Å². The maximum absolute atomic E-state index is 12.6. The summed E-state index contributed by atoms with van der Waals surface area (Å²) >= 11 is 0. The van der Waals surface area contributed by atoms with Crippen molar-refractivity contribution < 1.29 is 4.79 Å². The highest BCUT2D eigenvalue weighted by atomic mass is 16.2. The minimum absolute atomic E-state index is 0.343. The van der Waals surface area contributed by atoms with E-state index in [-0.39, 0.29) is 5.91 Å². The lowest BCUT2D eigenvalue weighted by molar-refractivity contribution is 0.0950. The molecule has 0 bridgehead atoms. The first-order valence-electron chi connectivity index (χ1n) is 11.4. The van der Waals surface area contributed by atoms with Gasteiger partial charge >= 0.3 is 0 Å². The number of nitrogens with one attached hydrogen (secondary N) is 2. The number of aromatic nitrogens is 2. The molecule has 0 aliphatic carbocycles. The standard InChI is InChI=1S/C30H24N4O/c1-21(22-12-14-25(15-13-22)23-8-4-2-5-9-23)31-34-30(35)29-20-28(32-33-29)27-18-16-26(17-19-27)24-10-6-3-7-11-24/h2-20H,1H3,(H,32,33)(H,34,35)/b31-21-. The summed E-state index contributed by atoms with van der Waals surface area (Å²) in [6.07, 6.45) is 0. The van der Waals surface area contributed by atoms with Crippen LogP contribution in [0.15, 0.2) is 120 Å². The van der Waals surface area contributed by atoms with Crippen molar-refractivity contribution in [2.45, 2.75) is 6.92 Å². The number of H-pyrrole nitrogens is 1. The van der Waals surface area contributed by atoms with E-state index in [2.05, 4.69) is 69.3 Å². The second-order valence-electron chi connectivity index (χ2n) is 8.19. The van der Waals surface area contributed by atoms with Crippen LogP contribution < -0.4 is 5.43 Å². The Labute approximate surface area is 204 Å². The van der Waals surface area contributed by atoms with E-state index in [9.17, 15) is 4.79 Å². The predicted molar refractivity (Wildman–Crippen MR) is 141 cm³/mol. The molecule has 0 spiro atoms. The van der Waals surface area contributed by atoms with Crippen LogP contribution in [0.25, 0.3) is 33.5 Å². The second kappa shape index (κ2) is 10.0. The Bertz CT molecular complexity index is 1450. The van der Waals surface area contributed by atoms with Gasteiger partial charge in [0.1, 0.15) is 5.69 Å². The van der Waals surface area contributed by atoms with E-state index >= 15 is 0 Å². The van der Waals surface area contributed by atoms with Crippen LogP contribution in [0, 0.1) is 0 Å². The Kier molecular flexibility index (Phi) is 6.31. The molecule has 0 aliphatic rings. The van der Waals surface area contributed by atoms with Crippen molar-refractivity contribution in [2.75, 3.05) is 0 Å². The molecule has 0 atom stereocenters. The molecule has 0 radical (unpaired) electrons. The number of nitrogens with zero attached hydrogens (tertiary/aromatic N) is 2. The Balaban J connectivity index is 1.24. The van der Waals surface area contributed by atoms with Crippen LogP contribution in [0.2, 0.25) is 0 Å². The zero-order valence-corrected chi connectivity index (χ0v) is 19.3. The second-order valence-corrected chi connectivity index (χ2v) is 8.19. The lowest BCUT2D eigenvalue weighted by Gasteiger charge is -2.05. The van der Waals surface area contributed by atoms with Crippen LogP contribution in [0.1, 0.15) is 23.0 Å². The van der Waals surface area contributed by atoms with E-state index in [1.54, 1.807) is 6.07 Å². The van der Waals surface area contributed by atoms with Crippen LogP contribution in [-0.2, 0) is 0 Å². The number of amides is 1. The van der Waals surface area contributed by atoms with Crippen LogP contribution in [-0.4, -0.2) is 21.8 Å². The third-order valence-corrected chi connectivity index (χ3v) is 5.85. The molecule has 0 saturated carbocycles. The van der Waals surface area contributed by atoms with Gasteiger partial charge in [0.05, 0.1) is 11.4 Å². The number of carbonyl (C=O) groups excluding carboxylic acids is 1. The van der Waals surface area contributed by atoms with Crippen LogP contribution in [0.4, 0.5) is 0 Å². The number of rotatable bonds is 6. The summed E-state index contributed by atoms with van der Waals surface area (Å²) in [4.78, 5) is 12.6. The summed E-state index contributed by atoms with van der Waals surface area (Å²) in [6.45, 7) is 1.87. The zero-order chi connectivity index (χ0) is 24.0. The van der Waals surface area contributed by atoms with E-state index in [1.165, 1.54) is 0 Å².